The van der Waals surface area contributed by atoms with Gasteiger partial charge in [-0.3, -0.25) is 14.6 Å². The Hall–Kier alpha value is -4.16. The highest BCUT2D eigenvalue weighted by Crippen LogP contribution is 2.26. The third-order valence-electron chi connectivity index (χ3n) is 5.99. The van der Waals surface area contributed by atoms with Crippen molar-refractivity contribution in [3.63, 3.8) is 0 Å². The number of aromatic nitrogens is 1. The first-order valence-electron chi connectivity index (χ1n) is 11.9. The molecule has 1 aromatic heterocycles. The Kier molecular flexibility index (Phi) is 8.89. The van der Waals surface area contributed by atoms with Crippen LogP contribution in [0.5, 0.6) is 5.75 Å². The molecule has 0 radical (unpaired) electrons. The summed E-state index contributed by atoms with van der Waals surface area (Å²) < 4.78 is 5.28. The molecule has 0 saturated carbocycles. The smallest absolute Gasteiger partial charge is 0.247 e. The van der Waals surface area contributed by atoms with E-state index >= 15 is 0 Å². The van der Waals surface area contributed by atoms with Crippen molar-refractivity contribution >= 4 is 23.4 Å². The Balaban J connectivity index is 1.67. The second-order valence-electron chi connectivity index (χ2n) is 8.56. The Morgan fingerprint density at radius 1 is 0.865 bits per heavy atom. The lowest BCUT2D eigenvalue weighted by Gasteiger charge is -2.32. The number of methoxy groups -OCH3 is 1. The molecule has 188 valence electrons. The second kappa shape index (κ2) is 12.7. The van der Waals surface area contributed by atoms with Crippen LogP contribution in [-0.4, -0.2) is 28.8 Å². The van der Waals surface area contributed by atoms with Gasteiger partial charge in [-0.25, -0.2) is 0 Å². The SMILES string of the molecule is COc1ccc(CN(C(=O)Cc2ccc(Cl)cc2)[C@H](C(=O)NCc2ccncc2)c2ccccc2)cc1. The predicted octanol–water partition coefficient (Wildman–Crippen LogP) is 5.37. The number of rotatable bonds is 10. The van der Waals surface area contributed by atoms with Gasteiger partial charge in [0.25, 0.3) is 0 Å². The second-order valence-corrected chi connectivity index (χ2v) is 9.00. The van der Waals surface area contributed by atoms with Crippen molar-refractivity contribution in [2.24, 2.45) is 0 Å². The number of carbonyl (C=O) groups excluding carboxylic acids is 2. The van der Waals surface area contributed by atoms with Crippen LogP contribution in [0.15, 0.2) is 103 Å². The van der Waals surface area contributed by atoms with Crippen molar-refractivity contribution in [2.75, 3.05) is 7.11 Å². The number of nitrogens with one attached hydrogen (secondary N) is 1. The van der Waals surface area contributed by atoms with E-state index in [1.807, 2.05) is 78.9 Å². The fourth-order valence-electron chi connectivity index (χ4n) is 4.02. The van der Waals surface area contributed by atoms with Crippen LogP contribution in [-0.2, 0) is 29.1 Å². The van der Waals surface area contributed by atoms with Crippen LogP contribution in [0.2, 0.25) is 5.02 Å². The van der Waals surface area contributed by atoms with Crippen LogP contribution < -0.4 is 10.1 Å². The van der Waals surface area contributed by atoms with Crippen molar-refractivity contribution in [3.05, 3.63) is 131 Å². The maximum Gasteiger partial charge on any atom is 0.247 e. The zero-order valence-corrected chi connectivity index (χ0v) is 21.3. The lowest BCUT2D eigenvalue weighted by Crippen LogP contribution is -2.43. The molecule has 0 aliphatic carbocycles. The van der Waals surface area contributed by atoms with Gasteiger partial charge in [-0.2, -0.15) is 0 Å². The molecule has 2 amide bonds. The number of carbonyl (C=O) groups is 2. The summed E-state index contributed by atoms with van der Waals surface area (Å²) in [5.41, 5.74) is 3.35. The average Bonchev–Trinajstić information content (AvgIpc) is 2.94. The molecule has 0 aliphatic rings. The normalized spacial score (nSPS) is 11.4. The lowest BCUT2D eigenvalue weighted by atomic mass is 10.0. The molecule has 4 aromatic rings. The number of hydrogen-bond donors (Lipinski definition) is 1. The monoisotopic (exact) mass is 513 g/mol. The average molecular weight is 514 g/mol. The molecule has 1 heterocycles. The third-order valence-corrected chi connectivity index (χ3v) is 6.24. The van der Waals surface area contributed by atoms with Gasteiger partial charge in [0.05, 0.1) is 13.5 Å². The number of benzene rings is 3. The molecule has 6 nitrogen and oxygen atoms in total. The van der Waals surface area contributed by atoms with E-state index in [-0.39, 0.29) is 24.8 Å². The number of pyridine rings is 1. The van der Waals surface area contributed by atoms with Crippen molar-refractivity contribution in [1.82, 2.24) is 15.2 Å². The topological polar surface area (TPSA) is 71.5 Å². The fourth-order valence-corrected chi connectivity index (χ4v) is 4.15. The molecule has 0 saturated heterocycles. The van der Waals surface area contributed by atoms with Gasteiger partial charge in [0.1, 0.15) is 11.8 Å². The first-order valence-corrected chi connectivity index (χ1v) is 12.3. The summed E-state index contributed by atoms with van der Waals surface area (Å²) in [6.07, 6.45) is 3.50. The number of nitrogens with zero attached hydrogens (tertiary/aromatic N) is 2. The molecular formula is C30H28ClN3O3. The Morgan fingerprint density at radius 3 is 2.16 bits per heavy atom. The first kappa shape index (κ1) is 25.9. The van der Waals surface area contributed by atoms with Crippen LogP contribution in [0, 0.1) is 0 Å². The number of halogens is 1. The summed E-state index contributed by atoms with van der Waals surface area (Å²) in [7, 11) is 1.61. The molecule has 0 spiro atoms. The highest BCUT2D eigenvalue weighted by Gasteiger charge is 2.31. The minimum absolute atomic E-state index is 0.133. The molecule has 4 rings (SSSR count). The van der Waals surface area contributed by atoms with Gasteiger partial charge in [0.15, 0.2) is 0 Å². The Morgan fingerprint density at radius 2 is 1.51 bits per heavy atom. The molecule has 0 fully saturated rings. The van der Waals surface area contributed by atoms with E-state index in [9.17, 15) is 9.59 Å². The molecule has 1 atom stereocenters. The van der Waals surface area contributed by atoms with Crippen LogP contribution in [0.3, 0.4) is 0 Å². The summed E-state index contributed by atoms with van der Waals surface area (Å²) >= 11 is 6.04. The Labute approximate surface area is 221 Å². The van der Waals surface area contributed by atoms with Gasteiger partial charge in [0, 0.05) is 30.5 Å². The zero-order chi connectivity index (χ0) is 26.0. The van der Waals surface area contributed by atoms with E-state index in [4.69, 9.17) is 16.3 Å². The van der Waals surface area contributed by atoms with Crippen molar-refractivity contribution in [1.29, 1.82) is 0 Å². The maximum absolute atomic E-state index is 13.8. The molecule has 0 bridgehead atoms. The minimum atomic E-state index is -0.829. The minimum Gasteiger partial charge on any atom is -0.497 e. The molecular weight excluding hydrogens is 486 g/mol. The zero-order valence-electron chi connectivity index (χ0n) is 20.5. The highest BCUT2D eigenvalue weighted by molar-refractivity contribution is 6.30. The van der Waals surface area contributed by atoms with Crippen LogP contribution >= 0.6 is 11.6 Å². The van der Waals surface area contributed by atoms with Gasteiger partial charge >= 0.3 is 0 Å². The molecule has 0 unspecified atom stereocenters. The summed E-state index contributed by atoms with van der Waals surface area (Å²) in [6, 6.07) is 26.9. The first-order chi connectivity index (χ1) is 18.0. The number of amides is 2. The van der Waals surface area contributed by atoms with E-state index in [0.29, 0.717) is 11.6 Å². The highest BCUT2D eigenvalue weighted by atomic mass is 35.5. The van der Waals surface area contributed by atoms with E-state index in [1.165, 1.54) is 0 Å². The van der Waals surface area contributed by atoms with Crippen molar-refractivity contribution in [2.45, 2.75) is 25.6 Å². The molecule has 0 aliphatic heterocycles. The van der Waals surface area contributed by atoms with E-state index in [2.05, 4.69) is 10.3 Å². The number of hydrogen-bond acceptors (Lipinski definition) is 4. The van der Waals surface area contributed by atoms with Crippen LogP contribution in [0.1, 0.15) is 28.3 Å². The van der Waals surface area contributed by atoms with Gasteiger partial charge in [0.2, 0.25) is 11.8 Å². The quantitative estimate of drug-likeness (QED) is 0.309. The fraction of sp³-hybridized carbons (Fsp3) is 0.167. The van der Waals surface area contributed by atoms with E-state index in [0.717, 1.165) is 28.0 Å². The lowest BCUT2D eigenvalue weighted by molar-refractivity contribution is -0.141. The summed E-state index contributed by atoms with van der Waals surface area (Å²) in [6.45, 7) is 0.574. The summed E-state index contributed by atoms with van der Waals surface area (Å²) in [4.78, 5) is 33.2. The Bertz CT molecular complexity index is 1300. The largest absolute Gasteiger partial charge is 0.497 e. The molecule has 37 heavy (non-hydrogen) atoms. The molecule has 7 heteroatoms. The van der Waals surface area contributed by atoms with Gasteiger partial charge in [-0.15, -0.1) is 0 Å². The summed E-state index contributed by atoms with van der Waals surface area (Å²) in [5, 5.41) is 3.61. The molecule has 3 aromatic carbocycles. The van der Waals surface area contributed by atoms with Crippen molar-refractivity contribution in [3.8, 4) is 5.75 Å². The summed E-state index contributed by atoms with van der Waals surface area (Å²) in [5.74, 6) is 0.282. The maximum atomic E-state index is 13.8. The molecule has 1 N–H and O–H groups in total. The van der Waals surface area contributed by atoms with Gasteiger partial charge in [-0.1, -0.05) is 66.2 Å². The van der Waals surface area contributed by atoms with Crippen LogP contribution in [0.4, 0.5) is 0 Å². The van der Waals surface area contributed by atoms with E-state index < -0.39 is 6.04 Å². The van der Waals surface area contributed by atoms with Gasteiger partial charge < -0.3 is 15.0 Å². The third kappa shape index (κ3) is 7.18. The predicted molar refractivity (Wildman–Crippen MR) is 144 cm³/mol. The van der Waals surface area contributed by atoms with Gasteiger partial charge in [-0.05, 0) is 58.7 Å². The standard InChI is InChI=1S/C30H28ClN3O3/c1-37-27-13-9-24(10-14-27)21-34(28(35)19-22-7-11-26(31)12-8-22)29(25-5-3-2-4-6-25)30(36)33-20-23-15-17-32-18-16-23/h2-18,29H,19-21H2,1H3,(H,33,36)/t29-/m0/s1. The van der Waals surface area contributed by atoms with Crippen LogP contribution in [0.25, 0.3) is 0 Å². The van der Waals surface area contributed by atoms with Crippen molar-refractivity contribution < 1.29 is 14.3 Å². The van der Waals surface area contributed by atoms with E-state index in [1.54, 1.807) is 36.5 Å². The number of ether oxygens (including phenoxy) is 1.